The van der Waals surface area contributed by atoms with Gasteiger partial charge in [0.05, 0.1) is 7.11 Å². The van der Waals surface area contributed by atoms with Gasteiger partial charge in [-0.25, -0.2) is 0 Å². The van der Waals surface area contributed by atoms with Gasteiger partial charge in [0.1, 0.15) is 11.4 Å². The quantitative estimate of drug-likeness (QED) is 0.674. The molecular formula is C26H37NO2. The third-order valence-corrected chi connectivity index (χ3v) is 5.64. The van der Waals surface area contributed by atoms with Crippen molar-refractivity contribution in [2.75, 3.05) is 27.7 Å². The van der Waals surface area contributed by atoms with Crippen LogP contribution in [0.1, 0.15) is 51.3 Å². The highest BCUT2D eigenvalue weighted by atomic mass is 16.5. The molecule has 0 fully saturated rings. The lowest BCUT2D eigenvalue weighted by Crippen LogP contribution is -2.40. The maximum Gasteiger partial charge on any atom is 0.118 e. The maximum atomic E-state index is 12.0. The van der Waals surface area contributed by atoms with Crippen LogP contribution in [0.4, 0.5) is 0 Å². The van der Waals surface area contributed by atoms with Crippen LogP contribution in [0.25, 0.3) is 6.08 Å². The Labute approximate surface area is 177 Å². The van der Waals surface area contributed by atoms with Crippen molar-refractivity contribution >= 4 is 6.08 Å². The molecule has 0 amide bonds. The van der Waals surface area contributed by atoms with E-state index in [-0.39, 0.29) is 11.3 Å². The fraction of sp³-hybridized carbons (Fsp3) is 0.462. The van der Waals surface area contributed by atoms with Crippen molar-refractivity contribution in [2.24, 2.45) is 5.92 Å². The van der Waals surface area contributed by atoms with Gasteiger partial charge in [-0.2, -0.15) is 0 Å². The average Bonchev–Trinajstić information content (AvgIpc) is 2.66. The third-order valence-electron chi connectivity index (χ3n) is 5.64. The second kappa shape index (κ2) is 9.15. The first-order chi connectivity index (χ1) is 13.5. The summed E-state index contributed by atoms with van der Waals surface area (Å²) in [6, 6.07) is 16.4. The Morgan fingerprint density at radius 2 is 1.52 bits per heavy atom. The van der Waals surface area contributed by atoms with Crippen LogP contribution in [-0.2, 0) is 11.0 Å². The van der Waals surface area contributed by atoms with Gasteiger partial charge < -0.3 is 14.7 Å². The van der Waals surface area contributed by atoms with Crippen LogP contribution in [-0.4, -0.2) is 37.8 Å². The highest BCUT2D eigenvalue weighted by Gasteiger charge is 2.37. The predicted molar refractivity (Wildman–Crippen MR) is 123 cm³/mol. The molecule has 0 saturated carbocycles. The van der Waals surface area contributed by atoms with Crippen molar-refractivity contribution in [3.63, 3.8) is 0 Å². The van der Waals surface area contributed by atoms with E-state index in [1.54, 1.807) is 7.11 Å². The molecule has 0 aliphatic carbocycles. The first-order valence-corrected chi connectivity index (χ1v) is 10.3. The molecular weight excluding hydrogens is 358 g/mol. The Bertz CT molecular complexity index is 813. The fourth-order valence-electron chi connectivity index (χ4n) is 3.87. The summed E-state index contributed by atoms with van der Waals surface area (Å²) in [5.41, 5.74) is 3.20. The number of hydrogen-bond acceptors (Lipinski definition) is 3. The second-order valence-electron chi connectivity index (χ2n) is 9.36. The topological polar surface area (TPSA) is 32.7 Å². The van der Waals surface area contributed by atoms with Gasteiger partial charge in [0, 0.05) is 12.5 Å². The van der Waals surface area contributed by atoms with E-state index >= 15 is 0 Å². The number of rotatable bonds is 7. The van der Waals surface area contributed by atoms with Crippen molar-refractivity contribution < 1.29 is 9.84 Å². The highest BCUT2D eigenvalue weighted by molar-refractivity contribution is 5.57. The molecule has 2 aromatic rings. The molecule has 0 bridgehead atoms. The van der Waals surface area contributed by atoms with E-state index in [1.165, 1.54) is 5.56 Å². The fourth-order valence-corrected chi connectivity index (χ4v) is 3.87. The van der Waals surface area contributed by atoms with Crippen molar-refractivity contribution in [1.29, 1.82) is 0 Å². The highest BCUT2D eigenvalue weighted by Crippen LogP contribution is 2.39. The smallest absolute Gasteiger partial charge is 0.118 e. The molecule has 0 aliphatic heterocycles. The molecule has 0 saturated heterocycles. The minimum atomic E-state index is -1.05. The number of hydrogen-bond donors (Lipinski definition) is 1. The van der Waals surface area contributed by atoms with E-state index < -0.39 is 5.60 Å². The van der Waals surface area contributed by atoms with E-state index in [2.05, 4.69) is 62.9 Å². The van der Waals surface area contributed by atoms with Gasteiger partial charge in [-0.3, -0.25) is 0 Å². The van der Waals surface area contributed by atoms with Gasteiger partial charge in [0.15, 0.2) is 0 Å². The van der Waals surface area contributed by atoms with Crippen molar-refractivity contribution in [2.45, 2.75) is 45.6 Å². The summed E-state index contributed by atoms with van der Waals surface area (Å²) in [6.07, 6.45) is 2.07. The molecule has 0 heterocycles. The van der Waals surface area contributed by atoms with Gasteiger partial charge in [0.2, 0.25) is 0 Å². The Hall–Kier alpha value is -2.10. The van der Waals surface area contributed by atoms with Crippen molar-refractivity contribution in [1.82, 2.24) is 4.90 Å². The van der Waals surface area contributed by atoms with Gasteiger partial charge >= 0.3 is 0 Å². The Morgan fingerprint density at radius 1 is 1.00 bits per heavy atom. The van der Waals surface area contributed by atoms with Crippen LogP contribution in [0.2, 0.25) is 0 Å². The molecule has 2 aromatic carbocycles. The van der Waals surface area contributed by atoms with Crippen LogP contribution < -0.4 is 4.74 Å². The summed E-state index contributed by atoms with van der Waals surface area (Å²) >= 11 is 0. The monoisotopic (exact) mass is 395 g/mol. The number of ether oxygens (including phenoxy) is 1. The molecule has 0 aliphatic rings. The molecule has 0 spiro atoms. The largest absolute Gasteiger partial charge is 0.497 e. The maximum absolute atomic E-state index is 12.0. The molecule has 158 valence electrons. The number of aliphatic hydroxyl groups is 1. The van der Waals surface area contributed by atoms with Crippen LogP contribution in [0.3, 0.4) is 0 Å². The molecule has 1 N–H and O–H groups in total. The number of nitrogens with zero attached hydrogens (tertiary/aromatic N) is 1. The first-order valence-electron chi connectivity index (χ1n) is 10.3. The predicted octanol–water partition coefficient (Wildman–Crippen LogP) is 5.48. The third kappa shape index (κ3) is 5.49. The number of benzene rings is 2. The van der Waals surface area contributed by atoms with Gasteiger partial charge in [-0.1, -0.05) is 70.2 Å². The van der Waals surface area contributed by atoms with Gasteiger partial charge in [-0.05, 0) is 60.8 Å². The molecule has 29 heavy (non-hydrogen) atoms. The van der Waals surface area contributed by atoms with Crippen molar-refractivity contribution in [3.05, 3.63) is 70.8 Å². The van der Waals surface area contributed by atoms with Gasteiger partial charge in [0.25, 0.3) is 0 Å². The molecule has 2 rings (SSSR count). The average molecular weight is 396 g/mol. The summed E-state index contributed by atoms with van der Waals surface area (Å²) in [4.78, 5) is 2.12. The van der Waals surface area contributed by atoms with E-state index in [9.17, 15) is 5.11 Å². The molecule has 3 heteroatoms. The summed E-state index contributed by atoms with van der Waals surface area (Å²) in [7, 11) is 5.75. The summed E-state index contributed by atoms with van der Waals surface area (Å²) in [5, 5.41) is 12.0. The van der Waals surface area contributed by atoms with E-state index in [0.717, 1.165) is 29.0 Å². The van der Waals surface area contributed by atoms with Crippen molar-refractivity contribution in [3.8, 4) is 5.75 Å². The molecule has 0 radical (unpaired) electrons. The van der Waals surface area contributed by atoms with Crippen LogP contribution in [0.15, 0.2) is 54.1 Å². The van der Waals surface area contributed by atoms with E-state index in [4.69, 9.17) is 4.74 Å². The Kier molecular flexibility index (Phi) is 7.31. The summed E-state index contributed by atoms with van der Waals surface area (Å²) in [5.74, 6) is 0.848. The standard InChI is InChI=1S/C26H37NO2/c1-19(17-21-9-15-24(29-8)16-10-21)26(28,20(2)18-27(6)7)23-13-11-22(12-14-23)25(3,4)5/h9-17,20,28H,18H2,1-8H3/b19-17-. The molecule has 3 nitrogen and oxygen atoms in total. The summed E-state index contributed by atoms with van der Waals surface area (Å²) in [6.45, 7) is 11.5. The minimum Gasteiger partial charge on any atom is -0.497 e. The second-order valence-corrected chi connectivity index (χ2v) is 9.36. The van der Waals surface area contributed by atoms with Crippen LogP contribution in [0.5, 0.6) is 5.75 Å². The lowest BCUT2D eigenvalue weighted by atomic mass is 9.75. The number of methoxy groups -OCH3 is 1. The molecule has 2 atom stereocenters. The lowest BCUT2D eigenvalue weighted by molar-refractivity contribution is 0.0105. The van der Waals surface area contributed by atoms with Gasteiger partial charge in [-0.15, -0.1) is 0 Å². The van der Waals surface area contributed by atoms with E-state index in [0.29, 0.717) is 0 Å². The SMILES string of the molecule is COc1ccc(/C=C(/C)C(O)(c2ccc(C(C)(C)C)cc2)C(C)CN(C)C)cc1. The Balaban J connectivity index is 2.50. The zero-order valence-electron chi connectivity index (χ0n) is 19.3. The van der Waals surface area contributed by atoms with Crippen LogP contribution >= 0.6 is 0 Å². The van der Waals surface area contributed by atoms with Crippen LogP contribution in [0, 0.1) is 5.92 Å². The molecule has 0 aromatic heterocycles. The normalized spacial score (nSPS) is 15.9. The molecule has 2 unspecified atom stereocenters. The van der Waals surface area contributed by atoms with E-state index in [1.807, 2.05) is 45.3 Å². The summed E-state index contributed by atoms with van der Waals surface area (Å²) < 4.78 is 5.26. The minimum absolute atomic E-state index is 0.0208. The first kappa shape index (κ1) is 23.2. The zero-order valence-corrected chi connectivity index (χ0v) is 19.3. The Morgan fingerprint density at radius 3 is 1.97 bits per heavy atom. The zero-order chi connectivity index (χ0) is 21.8. The lowest BCUT2D eigenvalue weighted by Gasteiger charge is -2.38.